The predicted molar refractivity (Wildman–Crippen MR) is 100 cm³/mol. The van der Waals surface area contributed by atoms with Crippen molar-refractivity contribution in [1.29, 1.82) is 0 Å². The lowest BCUT2D eigenvalue weighted by Gasteiger charge is -2.14. The Labute approximate surface area is 160 Å². The Hall–Kier alpha value is -3.62. The van der Waals surface area contributed by atoms with E-state index in [1.54, 1.807) is 0 Å². The van der Waals surface area contributed by atoms with Gasteiger partial charge in [-0.15, -0.1) is 0 Å². The van der Waals surface area contributed by atoms with Crippen LogP contribution in [0.4, 0.5) is 11.5 Å². The van der Waals surface area contributed by atoms with Gasteiger partial charge in [-0.25, -0.2) is 4.98 Å². The molecule has 1 aromatic heterocycles. The number of fused-ring (bicyclic) bond motifs is 1. The van der Waals surface area contributed by atoms with Crippen molar-refractivity contribution >= 4 is 29.2 Å². The number of nitro groups is 1. The minimum atomic E-state index is -0.591. The van der Waals surface area contributed by atoms with Crippen LogP contribution in [-0.2, 0) is 0 Å². The van der Waals surface area contributed by atoms with Crippen LogP contribution in [0, 0.1) is 16.0 Å². The van der Waals surface area contributed by atoms with Gasteiger partial charge in [0, 0.05) is 18.2 Å². The summed E-state index contributed by atoms with van der Waals surface area (Å²) in [6.07, 6.45) is 1.73. The van der Waals surface area contributed by atoms with E-state index >= 15 is 0 Å². The molecule has 0 aliphatic carbocycles. The molecule has 2 aromatic rings. The number of pyridine rings is 1. The molecule has 0 spiro atoms. The monoisotopic (exact) mass is 382 g/mol. The molecule has 1 aliphatic rings. The Balaban J connectivity index is 1.77. The van der Waals surface area contributed by atoms with E-state index in [0.29, 0.717) is 18.9 Å². The molecule has 2 heterocycles. The Kier molecular flexibility index (Phi) is 5.16. The molecule has 9 nitrogen and oxygen atoms in total. The first-order valence-electron chi connectivity index (χ1n) is 8.70. The maximum absolute atomic E-state index is 12.6. The first-order chi connectivity index (χ1) is 13.3. The standard InChI is InChI=1S/C19H18N4O5/c1-11(2)7-8-22-18(25)14-5-3-12(9-15(14)19(22)26)17(24)21-16-6-4-13(10-20-16)23(27)28/h3-6,9-11H,7-8H2,1-2H3,(H,20,21,24). The number of carbonyl (C=O) groups excluding carboxylic acids is 3. The van der Waals surface area contributed by atoms with Crippen LogP contribution in [-0.4, -0.2) is 39.1 Å². The Morgan fingerprint density at radius 1 is 1.18 bits per heavy atom. The van der Waals surface area contributed by atoms with Gasteiger partial charge in [0.05, 0.1) is 16.1 Å². The van der Waals surface area contributed by atoms with Crippen LogP contribution in [0.5, 0.6) is 0 Å². The molecule has 144 valence electrons. The van der Waals surface area contributed by atoms with Crippen LogP contribution < -0.4 is 5.32 Å². The van der Waals surface area contributed by atoms with Crippen molar-refractivity contribution in [2.45, 2.75) is 20.3 Å². The first-order valence-corrected chi connectivity index (χ1v) is 8.70. The number of nitrogens with one attached hydrogen (secondary N) is 1. The molecule has 3 amide bonds. The molecule has 0 unspecified atom stereocenters. The number of carbonyl (C=O) groups is 3. The lowest BCUT2D eigenvalue weighted by molar-refractivity contribution is -0.385. The molecule has 1 aromatic carbocycles. The quantitative estimate of drug-likeness (QED) is 0.466. The lowest BCUT2D eigenvalue weighted by atomic mass is 10.1. The van der Waals surface area contributed by atoms with E-state index in [0.717, 1.165) is 6.20 Å². The number of aromatic nitrogens is 1. The molecule has 0 radical (unpaired) electrons. The van der Waals surface area contributed by atoms with Gasteiger partial charge in [0.25, 0.3) is 23.4 Å². The van der Waals surface area contributed by atoms with Crippen molar-refractivity contribution in [2.24, 2.45) is 5.92 Å². The largest absolute Gasteiger partial charge is 0.307 e. The summed E-state index contributed by atoms with van der Waals surface area (Å²) in [7, 11) is 0. The van der Waals surface area contributed by atoms with E-state index in [4.69, 9.17) is 0 Å². The summed E-state index contributed by atoms with van der Waals surface area (Å²) in [5.41, 5.74) is 0.462. The summed E-state index contributed by atoms with van der Waals surface area (Å²) in [5, 5.41) is 13.2. The van der Waals surface area contributed by atoms with Crippen molar-refractivity contribution < 1.29 is 19.3 Å². The van der Waals surface area contributed by atoms with E-state index in [2.05, 4.69) is 10.3 Å². The van der Waals surface area contributed by atoms with Crippen molar-refractivity contribution in [2.75, 3.05) is 11.9 Å². The average molecular weight is 382 g/mol. The topological polar surface area (TPSA) is 123 Å². The number of benzene rings is 1. The molecule has 9 heteroatoms. The first kappa shape index (κ1) is 19.2. The molecule has 0 saturated carbocycles. The molecule has 0 atom stereocenters. The number of amides is 3. The van der Waals surface area contributed by atoms with Gasteiger partial charge in [-0.2, -0.15) is 0 Å². The van der Waals surface area contributed by atoms with E-state index in [9.17, 15) is 24.5 Å². The van der Waals surface area contributed by atoms with Crippen molar-refractivity contribution in [1.82, 2.24) is 9.88 Å². The summed E-state index contributed by atoms with van der Waals surface area (Å²) >= 11 is 0. The third kappa shape index (κ3) is 3.73. The van der Waals surface area contributed by atoms with Gasteiger partial charge in [-0.05, 0) is 36.6 Å². The molecule has 28 heavy (non-hydrogen) atoms. The highest BCUT2D eigenvalue weighted by Crippen LogP contribution is 2.25. The van der Waals surface area contributed by atoms with Gasteiger partial charge < -0.3 is 5.32 Å². The maximum Gasteiger partial charge on any atom is 0.287 e. The van der Waals surface area contributed by atoms with Crippen molar-refractivity contribution in [3.8, 4) is 0 Å². The molecule has 0 bridgehead atoms. The normalized spacial score (nSPS) is 13.0. The molecule has 1 aliphatic heterocycles. The minimum Gasteiger partial charge on any atom is -0.307 e. The van der Waals surface area contributed by atoms with E-state index < -0.39 is 16.7 Å². The van der Waals surface area contributed by atoms with Gasteiger partial charge in [0.2, 0.25) is 0 Å². The highest BCUT2D eigenvalue weighted by molar-refractivity contribution is 6.22. The zero-order valence-electron chi connectivity index (χ0n) is 15.3. The Morgan fingerprint density at radius 2 is 1.89 bits per heavy atom. The third-order valence-corrected chi connectivity index (χ3v) is 4.36. The number of rotatable bonds is 6. The Morgan fingerprint density at radius 3 is 2.50 bits per heavy atom. The lowest BCUT2D eigenvalue weighted by Crippen LogP contribution is -2.31. The van der Waals surface area contributed by atoms with Crippen molar-refractivity contribution in [3.63, 3.8) is 0 Å². The van der Waals surface area contributed by atoms with Gasteiger partial charge in [-0.3, -0.25) is 29.4 Å². The molecule has 3 rings (SSSR count). The number of anilines is 1. The summed E-state index contributed by atoms with van der Waals surface area (Å²) < 4.78 is 0. The van der Waals surface area contributed by atoms with Crippen LogP contribution in [0.3, 0.4) is 0 Å². The maximum atomic E-state index is 12.6. The summed E-state index contributed by atoms with van der Waals surface area (Å²) in [4.78, 5) is 52.5. The second kappa shape index (κ2) is 7.55. The highest BCUT2D eigenvalue weighted by atomic mass is 16.6. The fourth-order valence-electron chi connectivity index (χ4n) is 2.78. The van der Waals surface area contributed by atoms with E-state index in [1.807, 2.05) is 13.8 Å². The number of hydrogen-bond acceptors (Lipinski definition) is 6. The minimum absolute atomic E-state index is 0.136. The summed E-state index contributed by atoms with van der Waals surface area (Å²) in [6, 6.07) is 6.83. The van der Waals surface area contributed by atoms with Crippen LogP contribution in [0.15, 0.2) is 36.5 Å². The van der Waals surface area contributed by atoms with Crippen molar-refractivity contribution in [3.05, 3.63) is 63.3 Å². The summed E-state index contributed by atoms with van der Waals surface area (Å²) in [5.74, 6) is -0.824. The SMILES string of the molecule is CC(C)CCN1C(=O)c2ccc(C(=O)Nc3ccc([N+](=O)[O-])cn3)cc2C1=O. The second-order valence-electron chi connectivity index (χ2n) is 6.82. The molecule has 0 saturated heterocycles. The van der Waals surface area contributed by atoms with Gasteiger partial charge in [0.1, 0.15) is 12.0 Å². The van der Waals surface area contributed by atoms with Crippen LogP contribution in [0.25, 0.3) is 0 Å². The number of hydrogen-bond donors (Lipinski definition) is 1. The van der Waals surface area contributed by atoms with Crippen LogP contribution in [0.2, 0.25) is 0 Å². The average Bonchev–Trinajstić information content (AvgIpc) is 2.90. The smallest absolute Gasteiger partial charge is 0.287 e. The Bertz CT molecular complexity index is 969. The summed E-state index contributed by atoms with van der Waals surface area (Å²) in [6.45, 7) is 4.35. The van der Waals surface area contributed by atoms with E-state index in [1.165, 1.54) is 35.2 Å². The van der Waals surface area contributed by atoms with Crippen LogP contribution in [0.1, 0.15) is 51.3 Å². The molecule has 0 fully saturated rings. The second-order valence-corrected chi connectivity index (χ2v) is 6.82. The van der Waals surface area contributed by atoms with Crippen LogP contribution >= 0.6 is 0 Å². The van der Waals surface area contributed by atoms with E-state index in [-0.39, 0.29) is 34.1 Å². The highest BCUT2D eigenvalue weighted by Gasteiger charge is 2.35. The fraction of sp³-hybridized carbons (Fsp3) is 0.263. The van der Waals surface area contributed by atoms with Gasteiger partial charge >= 0.3 is 0 Å². The zero-order chi connectivity index (χ0) is 20.4. The predicted octanol–water partition coefficient (Wildman–Crippen LogP) is 2.88. The third-order valence-electron chi connectivity index (χ3n) is 4.36. The van der Waals surface area contributed by atoms with Gasteiger partial charge in [0.15, 0.2) is 0 Å². The number of imide groups is 1. The molecular formula is C19H18N4O5. The zero-order valence-corrected chi connectivity index (χ0v) is 15.3. The molecule has 1 N–H and O–H groups in total. The van der Waals surface area contributed by atoms with Gasteiger partial charge in [-0.1, -0.05) is 13.8 Å². The molecular weight excluding hydrogens is 364 g/mol. The fourth-order valence-corrected chi connectivity index (χ4v) is 2.78. The number of nitrogens with zero attached hydrogens (tertiary/aromatic N) is 3.